The Bertz CT molecular complexity index is 396. The van der Waals surface area contributed by atoms with Gasteiger partial charge in [0.1, 0.15) is 6.61 Å². The Hall–Kier alpha value is -1.14. The van der Waals surface area contributed by atoms with E-state index >= 15 is 0 Å². The van der Waals surface area contributed by atoms with Crippen LogP contribution in [-0.4, -0.2) is 42.4 Å². The summed E-state index contributed by atoms with van der Waals surface area (Å²) in [5.74, 6) is 1.33. The van der Waals surface area contributed by atoms with E-state index in [0.717, 1.165) is 45.0 Å². The van der Waals surface area contributed by atoms with Gasteiger partial charge in [-0.1, -0.05) is 12.8 Å². The lowest BCUT2D eigenvalue weighted by Gasteiger charge is -2.22. The van der Waals surface area contributed by atoms with Gasteiger partial charge in [-0.05, 0) is 43.9 Å². The number of aromatic nitrogens is 2. The van der Waals surface area contributed by atoms with Crippen molar-refractivity contribution in [2.75, 3.05) is 31.1 Å². The molecule has 2 aliphatic rings. The monoisotopic (exact) mass is 280 g/mol. The molecular formula is C14H24N4O2. The van der Waals surface area contributed by atoms with Crippen LogP contribution < -0.4 is 10.2 Å². The predicted octanol–water partition coefficient (Wildman–Crippen LogP) is 1.72. The molecule has 1 aromatic heterocycles. The van der Waals surface area contributed by atoms with Crippen LogP contribution in [0.4, 0.5) is 5.95 Å². The van der Waals surface area contributed by atoms with Gasteiger partial charge in [0.05, 0.1) is 6.10 Å². The van der Waals surface area contributed by atoms with E-state index < -0.39 is 0 Å². The number of anilines is 1. The van der Waals surface area contributed by atoms with E-state index in [1.165, 1.54) is 25.7 Å². The van der Waals surface area contributed by atoms with Crippen LogP contribution in [0.1, 0.15) is 44.4 Å². The molecular weight excluding hydrogens is 256 g/mol. The molecule has 20 heavy (non-hydrogen) atoms. The Labute approximate surface area is 119 Å². The van der Waals surface area contributed by atoms with Gasteiger partial charge in [0.15, 0.2) is 0 Å². The number of nitrogens with zero attached hydrogens (tertiary/aromatic N) is 3. The zero-order valence-electron chi connectivity index (χ0n) is 12.0. The van der Waals surface area contributed by atoms with Crippen LogP contribution in [-0.2, 0) is 11.3 Å². The summed E-state index contributed by atoms with van der Waals surface area (Å²) < 4.78 is 11.1. The quantitative estimate of drug-likeness (QED) is 0.906. The van der Waals surface area contributed by atoms with E-state index in [2.05, 4.69) is 20.4 Å². The minimum atomic E-state index is 0.324. The molecule has 3 heterocycles. The van der Waals surface area contributed by atoms with Crippen LogP contribution in [0.3, 0.4) is 0 Å². The second-order valence-corrected chi connectivity index (χ2v) is 5.65. The topological polar surface area (TPSA) is 63.4 Å². The molecule has 0 spiro atoms. The molecule has 0 atom stereocenters. The van der Waals surface area contributed by atoms with Gasteiger partial charge in [0.2, 0.25) is 0 Å². The highest BCUT2D eigenvalue weighted by Crippen LogP contribution is 2.17. The third kappa shape index (κ3) is 3.70. The molecule has 112 valence electrons. The SMILES string of the molecule is C1CCCN(c2noc(COC3CCNCC3)n2)CC1. The van der Waals surface area contributed by atoms with Crippen molar-refractivity contribution in [3.8, 4) is 0 Å². The maximum atomic E-state index is 5.84. The molecule has 0 aromatic carbocycles. The van der Waals surface area contributed by atoms with Gasteiger partial charge >= 0.3 is 0 Å². The molecule has 6 nitrogen and oxygen atoms in total. The van der Waals surface area contributed by atoms with Crippen molar-refractivity contribution in [1.29, 1.82) is 0 Å². The second-order valence-electron chi connectivity index (χ2n) is 5.65. The maximum absolute atomic E-state index is 5.84. The van der Waals surface area contributed by atoms with Crippen LogP contribution >= 0.6 is 0 Å². The Morgan fingerprint density at radius 3 is 2.65 bits per heavy atom. The second kappa shape index (κ2) is 7.04. The summed E-state index contributed by atoms with van der Waals surface area (Å²) in [6.45, 7) is 4.58. The van der Waals surface area contributed by atoms with Crippen molar-refractivity contribution >= 4 is 5.95 Å². The zero-order chi connectivity index (χ0) is 13.6. The van der Waals surface area contributed by atoms with Crippen molar-refractivity contribution in [2.45, 2.75) is 51.2 Å². The average Bonchev–Trinajstić information content (AvgIpc) is 2.80. The van der Waals surface area contributed by atoms with Gasteiger partial charge in [-0.15, -0.1) is 0 Å². The summed E-state index contributed by atoms with van der Waals surface area (Å²) in [7, 11) is 0. The number of nitrogens with one attached hydrogen (secondary N) is 1. The normalized spacial score (nSPS) is 21.9. The average molecular weight is 280 g/mol. The van der Waals surface area contributed by atoms with Crippen LogP contribution in [0.25, 0.3) is 0 Å². The summed E-state index contributed by atoms with van der Waals surface area (Å²) in [6, 6.07) is 0. The molecule has 0 radical (unpaired) electrons. The van der Waals surface area contributed by atoms with E-state index in [9.17, 15) is 0 Å². The van der Waals surface area contributed by atoms with Crippen LogP contribution in [0, 0.1) is 0 Å². The van der Waals surface area contributed by atoms with Gasteiger partial charge < -0.3 is 19.5 Å². The third-order valence-corrected chi connectivity index (χ3v) is 4.07. The molecule has 3 rings (SSSR count). The summed E-state index contributed by atoms with van der Waals surface area (Å²) in [5.41, 5.74) is 0. The molecule has 0 unspecified atom stereocenters. The highest BCUT2D eigenvalue weighted by Gasteiger charge is 2.18. The van der Waals surface area contributed by atoms with Crippen LogP contribution in [0.15, 0.2) is 4.52 Å². The van der Waals surface area contributed by atoms with Gasteiger partial charge in [0, 0.05) is 13.1 Å². The van der Waals surface area contributed by atoms with E-state index in [-0.39, 0.29) is 0 Å². The molecule has 0 bridgehead atoms. The van der Waals surface area contributed by atoms with Gasteiger partial charge in [0.25, 0.3) is 11.8 Å². The lowest BCUT2D eigenvalue weighted by atomic mass is 10.1. The predicted molar refractivity (Wildman–Crippen MR) is 75.7 cm³/mol. The summed E-state index contributed by atoms with van der Waals surface area (Å²) in [6.07, 6.45) is 7.50. The number of ether oxygens (including phenoxy) is 1. The van der Waals surface area contributed by atoms with Crippen LogP contribution in [0.2, 0.25) is 0 Å². The van der Waals surface area contributed by atoms with E-state index in [0.29, 0.717) is 18.6 Å². The smallest absolute Gasteiger partial charge is 0.266 e. The first kappa shape index (κ1) is 13.8. The maximum Gasteiger partial charge on any atom is 0.266 e. The number of hydrogen-bond donors (Lipinski definition) is 1. The van der Waals surface area contributed by atoms with Gasteiger partial charge in [-0.2, -0.15) is 4.98 Å². The Morgan fingerprint density at radius 1 is 1.15 bits per heavy atom. The fourth-order valence-electron chi connectivity index (χ4n) is 2.85. The first-order valence-electron chi connectivity index (χ1n) is 7.82. The van der Waals surface area contributed by atoms with E-state index in [1.54, 1.807) is 0 Å². The third-order valence-electron chi connectivity index (χ3n) is 4.07. The summed E-state index contributed by atoms with van der Waals surface area (Å²) in [4.78, 5) is 6.69. The summed E-state index contributed by atoms with van der Waals surface area (Å²) in [5, 5.41) is 7.42. The van der Waals surface area contributed by atoms with Crippen LogP contribution in [0.5, 0.6) is 0 Å². The van der Waals surface area contributed by atoms with Crippen molar-refractivity contribution in [1.82, 2.24) is 15.5 Å². The lowest BCUT2D eigenvalue weighted by Crippen LogP contribution is -2.32. The van der Waals surface area contributed by atoms with Gasteiger partial charge in [-0.3, -0.25) is 0 Å². The molecule has 1 N–H and O–H groups in total. The van der Waals surface area contributed by atoms with E-state index in [1.807, 2.05) is 0 Å². The van der Waals surface area contributed by atoms with Crippen molar-refractivity contribution in [3.05, 3.63) is 5.89 Å². The number of piperidine rings is 1. The van der Waals surface area contributed by atoms with Crippen molar-refractivity contribution < 1.29 is 9.26 Å². The lowest BCUT2D eigenvalue weighted by molar-refractivity contribution is 0.00859. The summed E-state index contributed by atoms with van der Waals surface area (Å²) >= 11 is 0. The molecule has 2 saturated heterocycles. The standard InChI is InChI=1S/C14H24N4O2/c1-2-4-10-18(9-3-1)14-16-13(20-17-14)11-19-12-5-7-15-8-6-12/h12,15H,1-11H2. The minimum Gasteiger partial charge on any atom is -0.368 e. The van der Waals surface area contributed by atoms with E-state index in [4.69, 9.17) is 9.26 Å². The molecule has 6 heteroatoms. The Morgan fingerprint density at radius 2 is 1.90 bits per heavy atom. The molecule has 0 amide bonds. The molecule has 2 fully saturated rings. The molecule has 2 aliphatic heterocycles. The fourth-order valence-corrected chi connectivity index (χ4v) is 2.85. The fraction of sp³-hybridized carbons (Fsp3) is 0.857. The molecule has 1 aromatic rings. The largest absolute Gasteiger partial charge is 0.368 e. The Balaban J connectivity index is 1.50. The molecule has 0 aliphatic carbocycles. The number of rotatable bonds is 4. The van der Waals surface area contributed by atoms with Crippen molar-refractivity contribution in [3.63, 3.8) is 0 Å². The first-order chi connectivity index (χ1) is 9.92. The van der Waals surface area contributed by atoms with Crippen molar-refractivity contribution in [2.24, 2.45) is 0 Å². The number of hydrogen-bond acceptors (Lipinski definition) is 6. The first-order valence-corrected chi connectivity index (χ1v) is 7.82. The minimum absolute atomic E-state index is 0.324. The highest BCUT2D eigenvalue weighted by atomic mass is 16.5. The zero-order valence-corrected chi connectivity index (χ0v) is 12.0. The Kier molecular flexibility index (Phi) is 4.86. The molecule has 0 saturated carbocycles. The highest BCUT2D eigenvalue weighted by molar-refractivity contribution is 5.27. The van der Waals surface area contributed by atoms with Gasteiger partial charge in [-0.25, -0.2) is 0 Å².